The monoisotopic (exact) mass is 140 g/mol. The van der Waals surface area contributed by atoms with Crippen molar-refractivity contribution in [2.24, 2.45) is 17.3 Å². The van der Waals surface area contributed by atoms with Crippen LogP contribution in [0.5, 0.6) is 0 Å². The molecule has 0 saturated heterocycles. The molecule has 0 N–H and O–H groups in total. The minimum absolute atomic E-state index is 0.633. The summed E-state index contributed by atoms with van der Waals surface area (Å²) in [6.45, 7) is 9.51. The van der Waals surface area contributed by atoms with E-state index in [-0.39, 0.29) is 0 Å². The molecule has 0 radical (unpaired) electrons. The summed E-state index contributed by atoms with van der Waals surface area (Å²) in [6.07, 6.45) is 4.23. The van der Waals surface area contributed by atoms with Crippen LogP contribution in [0.15, 0.2) is 0 Å². The fourth-order valence-electron chi connectivity index (χ4n) is 2.24. The van der Waals surface area contributed by atoms with Crippen LogP contribution in [-0.2, 0) is 0 Å². The molecule has 1 rings (SSSR count). The van der Waals surface area contributed by atoms with Crippen LogP contribution in [0.1, 0.15) is 47.0 Å². The molecule has 60 valence electrons. The molecule has 1 saturated carbocycles. The van der Waals surface area contributed by atoms with Crippen LogP contribution in [0.25, 0.3) is 0 Å². The van der Waals surface area contributed by atoms with Gasteiger partial charge in [0.05, 0.1) is 0 Å². The van der Waals surface area contributed by atoms with Crippen molar-refractivity contribution < 1.29 is 0 Å². The van der Waals surface area contributed by atoms with E-state index in [4.69, 9.17) is 0 Å². The van der Waals surface area contributed by atoms with Crippen molar-refractivity contribution in [1.82, 2.24) is 0 Å². The Bertz CT molecular complexity index is 113. The van der Waals surface area contributed by atoms with Gasteiger partial charge in [-0.15, -0.1) is 0 Å². The molecule has 1 aliphatic carbocycles. The second kappa shape index (κ2) is 2.56. The summed E-state index contributed by atoms with van der Waals surface area (Å²) >= 11 is 0. The smallest absolute Gasteiger partial charge is 0.0323 e. The topological polar surface area (TPSA) is 0 Å². The molecule has 0 nitrogen and oxygen atoms in total. The maximum absolute atomic E-state index is 2.42. The zero-order valence-corrected chi connectivity index (χ0v) is 7.78. The van der Waals surface area contributed by atoms with Gasteiger partial charge in [0.2, 0.25) is 0 Å². The number of hydrogen-bond acceptors (Lipinski definition) is 0. The molecular weight excluding hydrogens is 120 g/mol. The summed E-state index contributed by atoms with van der Waals surface area (Å²) in [5, 5.41) is 0. The van der Waals surface area contributed by atoms with E-state index >= 15 is 0 Å². The predicted molar refractivity (Wildman–Crippen MR) is 46.0 cm³/mol. The summed E-state index contributed by atoms with van der Waals surface area (Å²) in [7, 11) is 0. The van der Waals surface area contributed by atoms with Gasteiger partial charge in [0.25, 0.3) is 0 Å². The van der Waals surface area contributed by atoms with Gasteiger partial charge in [0.15, 0.2) is 0 Å². The largest absolute Gasteiger partial charge is 0.0654 e. The van der Waals surface area contributed by atoms with Gasteiger partial charge in [-0.3, -0.25) is 0 Å². The summed E-state index contributed by atoms with van der Waals surface area (Å²) < 4.78 is 0. The van der Waals surface area contributed by atoms with Gasteiger partial charge in [-0.25, -0.2) is 0 Å². The lowest BCUT2D eigenvalue weighted by molar-refractivity contribution is 0.268. The maximum atomic E-state index is 2.42. The van der Waals surface area contributed by atoms with Crippen molar-refractivity contribution in [3.8, 4) is 0 Å². The lowest BCUT2D eigenvalue weighted by Crippen LogP contribution is -2.14. The number of rotatable bonds is 3. The van der Waals surface area contributed by atoms with E-state index in [0.29, 0.717) is 5.41 Å². The van der Waals surface area contributed by atoms with Crippen LogP contribution in [0, 0.1) is 17.3 Å². The van der Waals surface area contributed by atoms with Crippen molar-refractivity contribution in [3.05, 3.63) is 0 Å². The van der Waals surface area contributed by atoms with E-state index in [1.807, 2.05) is 0 Å². The van der Waals surface area contributed by atoms with Crippen molar-refractivity contribution in [1.29, 1.82) is 0 Å². The lowest BCUT2D eigenvalue weighted by atomic mass is 9.82. The van der Waals surface area contributed by atoms with Crippen molar-refractivity contribution in [2.45, 2.75) is 47.0 Å². The van der Waals surface area contributed by atoms with Crippen molar-refractivity contribution in [3.63, 3.8) is 0 Å². The Kier molecular flexibility index (Phi) is 2.07. The molecule has 0 heterocycles. The number of hydrogen-bond donors (Lipinski definition) is 0. The Hall–Kier alpha value is 0. The molecule has 10 heavy (non-hydrogen) atoms. The summed E-state index contributed by atoms with van der Waals surface area (Å²) in [5.41, 5.74) is 0.633. The Labute approximate surface area is 65.0 Å². The van der Waals surface area contributed by atoms with Crippen LogP contribution in [0.2, 0.25) is 0 Å². The Morgan fingerprint density at radius 1 is 1.40 bits per heavy atom. The molecule has 0 aliphatic heterocycles. The van der Waals surface area contributed by atoms with Gasteiger partial charge in [-0.2, -0.15) is 0 Å². The first-order chi connectivity index (χ1) is 4.58. The second-order valence-corrected chi connectivity index (χ2v) is 4.56. The molecule has 0 aromatic heterocycles. The van der Waals surface area contributed by atoms with Gasteiger partial charge in [0, 0.05) is 0 Å². The second-order valence-electron chi connectivity index (χ2n) is 4.56. The fraction of sp³-hybridized carbons (Fsp3) is 1.00. The van der Waals surface area contributed by atoms with E-state index in [1.54, 1.807) is 0 Å². The van der Waals surface area contributed by atoms with Gasteiger partial charge in [-0.05, 0) is 30.1 Å². The average Bonchev–Trinajstić information content (AvgIpc) is 2.46. The average molecular weight is 140 g/mol. The highest BCUT2D eigenvalue weighted by Crippen LogP contribution is 2.52. The van der Waals surface area contributed by atoms with Gasteiger partial charge >= 0.3 is 0 Å². The molecule has 2 unspecified atom stereocenters. The highest BCUT2D eigenvalue weighted by Gasteiger charge is 2.43. The summed E-state index contributed by atoms with van der Waals surface area (Å²) in [5.74, 6) is 2.05. The Morgan fingerprint density at radius 2 is 1.90 bits per heavy atom. The fourth-order valence-corrected chi connectivity index (χ4v) is 2.24. The molecular formula is C10H20. The van der Waals surface area contributed by atoms with E-state index in [2.05, 4.69) is 27.7 Å². The molecule has 0 heteroatoms. The quantitative estimate of drug-likeness (QED) is 0.563. The van der Waals surface area contributed by atoms with E-state index in [9.17, 15) is 0 Å². The van der Waals surface area contributed by atoms with E-state index < -0.39 is 0 Å². The molecule has 0 aromatic carbocycles. The van der Waals surface area contributed by atoms with Crippen molar-refractivity contribution >= 4 is 0 Å². The highest BCUT2D eigenvalue weighted by molar-refractivity contribution is 4.93. The third-order valence-corrected chi connectivity index (χ3v) is 3.01. The van der Waals surface area contributed by atoms with Gasteiger partial charge in [0.1, 0.15) is 0 Å². The third-order valence-electron chi connectivity index (χ3n) is 3.01. The maximum Gasteiger partial charge on any atom is -0.0323 e. The van der Waals surface area contributed by atoms with Gasteiger partial charge < -0.3 is 0 Å². The van der Waals surface area contributed by atoms with E-state index in [0.717, 1.165) is 11.8 Å². The first-order valence-electron chi connectivity index (χ1n) is 4.58. The first kappa shape index (κ1) is 8.10. The first-order valence-corrected chi connectivity index (χ1v) is 4.58. The molecule has 0 amide bonds. The SMILES string of the molecule is CCCC(C)(C)C1CC1C. The highest BCUT2D eigenvalue weighted by atomic mass is 14.5. The Balaban J connectivity index is 2.36. The zero-order valence-electron chi connectivity index (χ0n) is 7.78. The minimum atomic E-state index is 0.633. The molecule has 0 bridgehead atoms. The normalized spacial score (nSPS) is 32.4. The minimum Gasteiger partial charge on any atom is -0.0654 e. The van der Waals surface area contributed by atoms with Crippen LogP contribution >= 0.6 is 0 Å². The van der Waals surface area contributed by atoms with Crippen LogP contribution < -0.4 is 0 Å². The summed E-state index contributed by atoms with van der Waals surface area (Å²) in [6, 6.07) is 0. The zero-order chi connectivity index (χ0) is 7.78. The lowest BCUT2D eigenvalue weighted by Gasteiger charge is -2.23. The van der Waals surface area contributed by atoms with Crippen LogP contribution in [0.3, 0.4) is 0 Å². The molecule has 1 aliphatic rings. The van der Waals surface area contributed by atoms with Crippen LogP contribution in [0.4, 0.5) is 0 Å². The van der Waals surface area contributed by atoms with E-state index in [1.165, 1.54) is 19.3 Å². The molecule has 2 atom stereocenters. The molecule has 0 aromatic rings. The molecule has 0 spiro atoms. The van der Waals surface area contributed by atoms with Gasteiger partial charge in [-0.1, -0.05) is 34.1 Å². The standard InChI is InChI=1S/C10H20/c1-5-6-10(3,4)9-7-8(9)2/h8-9H,5-7H2,1-4H3. The third kappa shape index (κ3) is 1.53. The summed E-state index contributed by atoms with van der Waals surface area (Å²) in [4.78, 5) is 0. The predicted octanol–water partition coefficient (Wildman–Crippen LogP) is 3.47. The molecule has 1 fully saturated rings. The Morgan fingerprint density at radius 3 is 2.20 bits per heavy atom. The van der Waals surface area contributed by atoms with Crippen molar-refractivity contribution in [2.75, 3.05) is 0 Å². The van der Waals surface area contributed by atoms with Crippen LogP contribution in [-0.4, -0.2) is 0 Å².